The number of carbonyl (C=O) groups is 1. The second-order valence-electron chi connectivity index (χ2n) is 3.90. The summed E-state index contributed by atoms with van der Waals surface area (Å²) >= 11 is 0. The predicted octanol–water partition coefficient (Wildman–Crippen LogP) is 2.81. The van der Waals surface area contributed by atoms with E-state index in [0.29, 0.717) is 16.8 Å². The summed E-state index contributed by atoms with van der Waals surface area (Å²) in [6, 6.07) is 10.7. The van der Waals surface area contributed by atoms with E-state index in [1.165, 1.54) is 0 Å². The molecule has 1 heterocycles. The molecule has 90 valence electrons. The lowest BCUT2D eigenvalue weighted by Crippen LogP contribution is -1.97. The summed E-state index contributed by atoms with van der Waals surface area (Å²) in [7, 11) is 0. The summed E-state index contributed by atoms with van der Waals surface area (Å²) in [5.41, 5.74) is 2.63. The minimum atomic E-state index is -0.992. The van der Waals surface area contributed by atoms with Crippen molar-refractivity contribution in [2.45, 2.75) is 13.3 Å². The first-order valence-electron chi connectivity index (χ1n) is 5.62. The minimum Gasteiger partial charge on any atom is -0.478 e. The van der Waals surface area contributed by atoms with Gasteiger partial charge in [-0.25, -0.2) is 4.79 Å². The van der Waals surface area contributed by atoms with Crippen LogP contribution in [0.15, 0.2) is 30.3 Å². The third-order valence-electron chi connectivity index (χ3n) is 2.80. The fourth-order valence-electron chi connectivity index (χ4n) is 1.88. The number of nitriles is 1. The van der Waals surface area contributed by atoms with Crippen LogP contribution < -0.4 is 0 Å². The molecular formula is C14H12N2O2. The fraction of sp³-hybridized carbons (Fsp3) is 0.143. The average molecular weight is 240 g/mol. The van der Waals surface area contributed by atoms with Gasteiger partial charge in [0.2, 0.25) is 0 Å². The van der Waals surface area contributed by atoms with Gasteiger partial charge in [-0.3, -0.25) is 0 Å². The fourth-order valence-corrected chi connectivity index (χ4v) is 1.88. The van der Waals surface area contributed by atoms with E-state index < -0.39 is 5.97 Å². The third kappa shape index (κ3) is 1.98. The molecule has 0 atom stereocenters. The number of nitrogens with zero attached hydrogens (tertiary/aromatic N) is 1. The maximum absolute atomic E-state index is 11.2. The van der Waals surface area contributed by atoms with Crippen LogP contribution in [-0.4, -0.2) is 16.1 Å². The molecule has 4 heteroatoms. The molecule has 2 N–H and O–H groups in total. The maximum atomic E-state index is 11.2. The van der Waals surface area contributed by atoms with Gasteiger partial charge in [0, 0.05) is 11.3 Å². The quantitative estimate of drug-likeness (QED) is 0.866. The van der Waals surface area contributed by atoms with Crippen molar-refractivity contribution in [3.8, 4) is 17.3 Å². The Balaban J connectivity index is 2.67. The number of aryl methyl sites for hydroxylation is 1. The van der Waals surface area contributed by atoms with Crippen molar-refractivity contribution >= 4 is 5.97 Å². The first kappa shape index (κ1) is 11.9. The van der Waals surface area contributed by atoms with E-state index in [9.17, 15) is 9.90 Å². The summed E-state index contributed by atoms with van der Waals surface area (Å²) < 4.78 is 0. The SMILES string of the molecule is CCc1cc(C(=O)O)c(-c2ccccc2C#N)[nH]1. The van der Waals surface area contributed by atoms with Crippen LogP contribution >= 0.6 is 0 Å². The zero-order valence-corrected chi connectivity index (χ0v) is 9.90. The molecule has 1 aromatic heterocycles. The standard InChI is InChI=1S/C14H12N2O2/c1-2-10-7-12(14(17)18)13(16-10)11-6-4-3-5-9(11)8-15/h3-7,16H,2H2,1H3,(H,17,18). The third-order valence-corrected chi connectivity index (χ3v) is 2.80. The molecule has 0 bridgehead atoms. The first-order chi connectivity index (χ1) is 8.67. The van der Waals surface area contributed by atoms with Crippen molar-refractivity contribution in [3.63, 3.8) is 0 Å². The molecule has 0 radical (unpaired) electrons. The first-order valence-corrected chi connectivity index (χ1v) is 5.62. The maximum Gasteiger partial charge on any atom is 0.337 e. The van der Waals surface area contributed by atoms with Crippen LogP contribution in [0.25, 0.3) is 11.3 Å². The van der Waals surface area contributed by atoms with Crippen molar-refractivity contribution in [3.05, 3.63) is 47.2 Å². The highest BCUT2D eigenvalue weighted by atomic mass is 16.4. The van der Waals surface area contributed by atoms with Gasteiger partial charge in [-0.15, -0.1) is 0 Å². The molecule has 1 aromatic carbocycles. The number of aromatic amines is 1. The van der Waals surface area contributed by atoms with Crippen LogP contribution in [-0.2, 0) is 6.42 Å². The largest absolute Gasteiger partial charge is 0.478 e. The van der Waals surface area contributed by atoms with E-state index in [2.05, 4.69) is 11.1 Å². The van der Waals surface area contributed by atoms with Gasteiger partial charge in [-0.1, -0.05) is 25.1 Å². The Morgan fingerprint density at radius 1 is 1.44 bits per heavy atom. The molecule has 0 fully saturated rings. The van der Waals surface area contributed by atoms with Crippen molar-refractivity contribution in [1.82, 2.24) is 4.98 Å². The Bertz CT molecular complexity index is 635. The van der Waals surface area contributed by atoms with Crippen LogP contribution in [0.5, 0.6) is 0 Å². The molecule has 0 spiro atoms. The molecule has 0 aliphatic carbocycles. The number of rotatable bonds is 3. The predicted molar refractivity (Wildman–Crippen MR) is 67.3 cm³/mol. The second-order valence-corrected chi connectivity index (χ2v) is 3.90. The van der Waals surface area contributed by atoms with Gasteiger partial charge in [-0.05, 0) is 18.6 Å². The van der Waals surface area contributed by atoms with Gasteiger partial charge >= 0.3 is 5.97 Å². The second kappa shape index (κ2) is 4.76. The van der Waals surface area contributed by atoms with Crippen molar-refractivity contribution in [1.29, 1.82) is 5.26 Å². The molecule has 2 rings (SSSR count). The van der Waals surface area contributed by atoms with E-state index in [-0.39, 0.29) is 5.56 Å². The summed E-state index contributed by atoms with van der Waals surface area (Å²) in [6.45, 7) is 1.94. The summed E-state index contributed by atoms with van der Waals surface area (Å²) in [4.78, 5) is 14.3. The Labute approximate surface area is 105 Å². The number of carboxylic acid groups (broad SMARTS) is 1. The monoisotopic (exact) mass is 240 g/mol. The van der Waals surface area contributed by atoms with E-state index >= 15 is 0 Å². The number of hydrogen-bond acceptors (Lipinski definition) is 2. The molecule has 0 aliphatic heterocycles. The Kier molecular flexibility index (Phi) is 3.16. The van der Waals surface area contributed by atoms with Crippen LogP contribution in [0.2, 0.25) is 0 Å². The van der Waals surface area contributed by atoms with Gasteiger partial charge in [0.25, 0.3) is 0 Å². The van der Waals surface area contributed by atoms with Gasteiger partial charge in [0.1, 0.15) is 0 Å². The van der Waals surface area contributed by atoms with E-state index in [4.69, 9.17) is 5.26 Å². The molecule has 18 heavy (non-hydrogen) atoms. The molecule has 0 unspecified atom stereocenters. The number of H-pyrrole nitrogens is 1. The highest BCUT2D eigenvalue weighted by molar-refractivity contribution is 5.96. The summed E-state index contributed by atoms with van der Waals surface area (Å²) in [5, 5.41) is 18.3. The number of nitrogens with one attached hydrogen (secondary N) is 1. The van der Waals surface area contributed by atoms with Crippen molar-refractivity contribution < 1.29 is 9.90 Å². The number of aromatic carboxylic acids is 1. The van der Waals surface area contributed by atoms with Crippen molar-refractivity contribution in [2.24, 2.45) is 0 Å². The smallest absolute Gasteiger partial charge is 0.337 e. The molecule has 4 nitrogen and oxygen atoms in total. The molecular weight excluding hydrogens is 228 g/mol. The molecule has 2 aromatic rings. The van der Waals surface area contributed by atoms with Crippen LogP contribution in [0, 0.1) is 11.3 Å². The average Bonchev–Trinajstić information content (AvgIpc) is 2.83. The van der Waals surface area contributed by atoms with E-state index in [1.807, 2.05) is 6.92 Å². The topological polar surface area (TPSA) is 76.9 Å². The lowest BCUT2D eigenvalue weighted by atomic mass is 10.0. The van der Waals surface area contributed by atoms with Crippen LogP contribution in [0.3, 0.4) is 0 Å². The lowest BCUT2D eigenvalue weighted by molar-refractivity contribution is 0.0698. The van der Waals surface area contributed by atoms with E-state index in [1.54, 1.807) is 30.3 Å². The van der Waals surface area contributed by atoms with Crippen LogP contribution in [0.1, 0.15) is 28.5 Å². The Morgan fingerprint density at radius 3 is 2.78 bits per heavy atom. The van der Waals surface area contributed by atoms with Gasteiger partial charge in [0.15, 0.2) is 0 Å². The Hall–Kier alpha value is -2.54. The van der Waals surface area contributed by atoms with Gasteiger partial charge < -0.3 is 10.1 Å². The van der Waals surface area contributed by atoms with E-state index in [0.717, 1.165) is 12.1 Å². The highest BCUT2D eigenvalue weighted by Gasteiger charge is 2.17. The Morgan fingerprint density at radius 2 is 2.17 bits per heavy atom. The highest BCUT2D eigenvalue weighted by Crippen LogP contribution is 2.27. The summed E-state index contributed by atoms with van der Waals surface area (Å²) in [5.74, 6) is -0.992. The summed E-state index contributed by atoms with van der Waals surface area (Å²) in [6.07, 6.45) is 0.717. The number of aromatic nitrogens is 1. The van der Waals surface area contributed by atoms with Gasteiger partial charge in [-0.2, -0.15) is 5.26 Å². The number of benzene rings is 1. The lowest BCUT2D eigenvalue weighted by Gasteiger charge is -2.03. The van der Waals surface area contributed by atoms with Crippen molar-refractivity contribution in [2.75, 3.05) is 0 Å². The molecule has 0 saturated carbocycles. The van der Waals surface area contributed by atoms with Crippen LogP contribution in [0.4, 0.5) is 0 Å². The molecule has 0 amide bonds. The normalized spacial score (nSPS) is 10.0. The number of carboxylic acids is 1. The van der Waals surface area contributed by atoms with Gasteiger partial charge in [0.05, 0.1) is 22.9 Å². The zero-order chi connectivity index (χ0) is 13.1. The minimum absolute atomic E-state index is 0.203. The zero-order valence-electron chi connectivity index (χ0n) is 9.90. The molecule has 0 saturated heterocycles. The molecule has 0 aliphatic rings. The number of hydrogen-bond donors (Lipinski definition) is 2.